The van der Waals surface area contributed by atoms with Gasteiger partial charge in [-0.25, -0.2) is 0 Å². The smallest absolute Gasteiger partial charge is 0.220 e. The summed E-state index contributed by atoms with van der Waals surface area (Å²) in [6.45, 7) is 1.28. The van der Waals surface area contributed by atoms with Gasteiger partial charge in [-0.3, -0.25) is 4.79 Å². The zero-order valence-corrected chi connectivity index (χ0v) is 10.7. The van der Waals surface area contributed by atoms with Gasteiger partial charge in [-0.05, 0) is 43.5 Å². The summed E-state index contributed by atoms with van der Waals surface area (Å²) in [6, 6.07) is 7.80. The van der Waals surface area contributed by atoms with Crippen molar-refractivity contribution in [2.75, 3.05) is 13.1 Å². The summed E-state index contributed by atoms with van der Waals surface area (Å²) in [6.07, 6.45) is 3.17. The molecule has 0 spiro atoms. The molecule has 0 bridgehead atoms. The van der Waals surface area contributed by atoms with Gasteiger partial charge in [-0.15, -0.1) is 0 Å². The number of nitrogens with two attached hydrogens (primary N) is 1. The maximum atomic E-state index is 11.3. The normalized spacial score (nSPS) is 10.2. The first-order valence-electron chi connectivity index (χ1n) is 5.93. The van der Waals surface area contributed by atoms with Crippen LogP contribution in [0.5, 0.6) is 0 Å². The number of nitrogens with one attached hydrogen (secondary N) is 1. The maximum Gasteiger partial charge on any atom is 0.220 e. The highest BCUT2D eigenvalue weighted by atomic mass is 35.5. The summed E-state index contributed by atoms with van der Waals surface area (Å²) < 4.78 is 0. The molecule has 94 valence electrons. The molecule has 3 nitrogen and oxygen atoms in total. The van der Waals surface area contributed by atoms with E-state index in [1.165, 1.54) is 5.56 Å². The van der Waals surface area contributed by atoms with E-state index >= 15 is 0 Å². The molecule has 1 rings (SSSR count). The number of halogens is 1. The van der Waals surface area contributed by atoms with E-state index in [1.807, 2.05) is 24.3 Å². The molecule has 0 radical (unpaired) electrons. The predicted octanol–water partition coefficient (Wildman–Crippen LogP) is 2.13. The second-order valence-corrected chi connectivity index (χ2v) is 4.41. The molecule has 4 heteroatoms. The number of aryl methyl sites for hydroxylation is 1. The van der Waals surface area contributed by atoms with Crippen LogP contribution in [0.3, 0.4) is 0 Å². The maximum absolute atomic E-state index is 11.3. The van der Waals surface area contributed by atoms with E-state index in [9.17, 15) is 4.79 Å². The highest BCUT2D eigenvalue weighted by Gasteiger charge is 1.99. The van der Waals surface area contributed by atoms with Gasteiger partial charge in [0.2, 0.25) is 5.91 Å². The van der Waals surface area contributed by atoms with Crippen molar-refractivity contribution >= 4 is 17.5 Å². The van der Waals surface area contributed by atoms with Crippen LogP contribution in [0.25, 0.3) is 0 Å². The number of hydrogen-bond donors (Lipinski definition) is 2. The van der Waals surface area contributed by atoms with E-state index in [0.29, 0.717) is 19.5 Å². The Morgan fingerprint density at radius 3 is 2.59 bits per heavy atom. The quantitative estimate of drug-likeness (QED) is 0.733. The molecule has 0 fully saturated rings. The fourth-order valence-electron chi connectivity index (χ4n) is 1.52. The average molecular weight is 255 g/mol. The van der Waals surface area contributed by atoms with Crippen LogP contribution >= 0.6 is 11.6 Å². The molecule has 0 saturated carbocycles. The largest absolute Gasteiger partial charge is 0.356 e. The molecule has 0 aliphatic carbocycles. The summed E-state index contributed by atoms with van der Waals surface area (Å²) in [7, 11) is 0. The van der Waals surface area contributed by atoms with Gasteiger partial charge in [0.25, 0.3) is 0 Å². The van der Waals surface area contributed by atoms with Crippen molar-refractivity contribution in [3.8, 4) is 0 Å². The molecule has 17 heavy (non-hydrogen) atoms. The molecule has 1 aromatic rings. The molecular weight excluding hydrogens is 236 g/mol. The first kappa shape index (κ1) is 14.0. The first-order valence-corrected chi connectivity index (χ1v) is 6.31. The second-order valence-electron chi connectivity index (χ2n) is 3.97. The molecule has 0 saturated heterocycles. The number of hydrogen-bond acceptors (Lipinski definition) is 2. The Morgan fingerprint density at radius 2 is 1.94 bits per heavy atom. The third-order valence-electron chi connectivity index (χ3n) is 2.49. The monoisotopic (exact) mass is 254 g/mol. The van der Waals surface area contributed by atoms with Gasteiger partial charge in [0.15, 0.2) is 0 Å². The summed E-state index contributed by atoms with van der Waals surface area (Å²) >= 11 is 5.80. The van der Waals surface area contributed by atoms with Crippen LogP contribution < -0.4 is 11.1 Å². The summed E-state index contributed by atoms with van der Waals surface area (Å²) in [4.78, 5) is 11.3. The fourth-order valence-corrected chi connectivity index (χ4v) is 1.65. The van der Waals surface area contributed by atoms with Crippen molar-refractivity contribution in [3.05, 3.63) is 34.9 Å². The minimum Gasteiger partial charge on any atom is -0.356 e. The van der Waals surface area contributed by atoms with Crippen molar-refractivity contribution in [1.82, 2.24) is 5.32 Å². The minimum atomic E-state index is 0.0894. The van der Waals surface area contributed by atoms with Crippen LogP contribution in [0.15, 0.2) is 24.3 Å². The van der Waals surface area contributed by atoms with Gasteiger partial charge in [-0.1, -0.05) is 23.7 Å². The molecule has 0 aliphatic heterocycles. The lowest BCUT2D eigenvalue weighted by atomic mass is 10.1. The van der Waals surface area contributed by atoms with Crippen LogP contribution in [0.2, 0.25) is 5.02 Å². The Bertz CT molecular complexity index is 338. The predicted molar refractivity (Wildman–Crippen MR) is 71.1 cm³/mol. The Balaban J connectivity index is 2.11. The van der Waals surface area contributed by atoms with Crippen molar-refractivity contribution in [3.63, 3.8) is 0 Å². The Morgan fingerprint density at radius 1 is 1.24 bits per heavy atom. The van der Waals surface area contributed by atoms with Crippen LogP contribution in [0, 0.1) is 0 Å². The number of carbonyl (C=O) groups is 1. The van der Waals surface area contributed by atoms with Gasteiger partial charge in [0.1, 0.15) is 0 Å². The van der Waals surface area contributed by atoms with Crippen molar-refractivity contribution in [1.29, 1.82) is 0 Å². The van der Waals surface area contributed by atoms with Crippen LogP contribution in [-0.2, 0) is 11.2 Å². The van der Waals surface area contributed by atoms with Gasteiger partial charge in [0.05, 0.1) is 0 Å². The Labute approximate surface area is 107 Å². The molecule has 0 unspecified atom stereocenters. The molecule has 1 amide bonds. The highest BCUT2D eigenvalue weighted by molar-refractivity contribution is 6.30. The standard InChI is InChI=1S/C13H19ClN2O/c14-12-7-5-11(6-8-12)3-2-10-16-13(17)4-1-9-15/h5-8H,1-4,9-10,15H2,(H,16,17). The van der Waals surface area contributed by atoms with E-state index < -0.39 is 0 Å². The van der Waals surface area contributed by atoms with E-state index in [2.05, 4.69) is 5.32 Å². The van der Waals surface area contributed by atoms with Crippen molar-refractivity contribution < 1.29 is 4.79 Å². The zero-order valence-electron chi connectivity index (χ0n) is 9.92. The van der Waals surface area contributed by atoms with Crippen molar-refractivity contribution in [2.24, 2.45) is 5.73 Å². The fraction of sp³-hybridized carbons (Fsp3) is 0.462. The van der Waals surface area contributed by atoms with E-state index in [1.54, 1.807) is 0 Å². The molecule has 3 N–H and O–H groups in total. The summed E-state index contributed by atoms with van der Waals surface area (Å²) in [5.74, 6) is 0.0894. The zero-order chi connectivity index (χ0) is 12.5. The topological polar surface area (TPSA) is 55.1 Å². The molecule has 0 aliphatic rings. The molecular formula is C13H19ClN2O. The van der Waals surface area contributed by atoms with Crippen molar-refractivity contribution in [2.45, 2.75) is 25.7 Å². The second kappa shape index (κ2) is 8.09. The van der Waals surface area contributed by atoms with Crippen LogP contribution in [-0.4, -0.2) is 19.0 Å². The van der Waals surface area contributed by atoms with Gasteiger partial charge < -0.3 is 11.1 Å². The Hall–Kier alpha value is -1.06. The SMILES string of the molecule is NCCCC(=O)NCCCc1ccc(Cl)cc1. The Kier molecular flexibility index (Phi) is 6.67. The summed E-state index contributed by atoms with van der Waals surface area (Å²) in [5.41, 5.74) is 6.57. The van der Waals surface area contributed by atoms with Crippen LogP contribution in [0.1, 0.15) is 24.8 Å². The first-order chi connectivity index (χ1) is 8.22. The molecule has 1 aromatic carbocycles. The lowest BCUT2D eigenvalue weighted by molar-refractivity contribution is -0.121. The third-order valence-corrected chi connectivity index (χ3v) is 2.74. The summed E-state index contributed by atoms with van der Waals surface area (Å²) in [5, 5.41) is 3.63. The molecule has 0 aromatic heterocycles. The van der Waals surface area contributed by atoms with Gasteiger partial charge >= 0.3 is 0 Å². The minimum absolute atomic E-state index is 0.0894. The van der Waals surface area contributed by atoms with Gasteiger partial charge in [-0.2, -0.15) is 0 Å². The molecule has 0 heterocycles. The lowest BCUT2D eigenvalue weighted by Crippen LogP contribution is -2.25. The number of rotatable bonds is 7. The number of benzene rings is 1. The lowest BCUT2D eigenvalue weighted by Gasteiger charge is -2.05. The van der Waals surface area contributed by atoms with Crippen LogP contribution in [0.4, 0.5) is 0 Å². The van der Waals surface area contributed by atoms with E-state index in [-0.39, 0.29) is 5.91 Å². The van der Waals surface area contributed by atoms with E-state index in [4.69, 9.17) is 17.3 Å². The molecule has 0 atom stereocenters. The highest BCUT2D eigenvalue weighted by Crippen LogP contribution is 2.10. The number of amides is 1. The van der Waals surface area contributed by atoms with E-state index in [0.717, 1.165) is 24.3 Å². The van der Waals surface area contributed by atoms with Gasteiger partial charge in [0, 0.05) is 18.0 Å². The average Bonchev–Trinajstić information content (AvgIpc) is 2.34. The third kappa shape index (κ3) is 6.29. The number of carbonyl (C=O) groups excluding carboxylic acids is 1.